The Morgan fingerprint density at radius 2 is 1.76 bits per heavy atom. The standard InChI is InChI=1S/C29H30F8N6O3/c30-27(31)7-3-15(4-8-27)22(18-6-10-39-24(26(38)45)25(18)46-14-29(35,36)37)19-13-43-20(41-19)11-17(12-40-43)23(16-1-2-16)42-21(44)5-9-28(32,33)34/h6,10-13,15-16,22-23H,1-5,7-9,14H2,(H2,38,45)(H,42,44)/t22-,23+/m0/s1. The monoisotopic (exact) mass is 662 g/mol. The molecule has 9 nitrogen and oxygen atoms in total. The van der Waals surface area contributed by atoms with Gasteiger partial charge in [-0.1, -0.05) is 0 Å². The molecule has 0 aliphatic heterocycles. The highest BCUT2D eigenvalue weighted by Crippen LogP contribution is 2.47. The van der Waals surface area contributed by atoms with Crippen LogP contribution in [-0.4, -0.2) is 56.3 Å². The summed E-state index contributed by atoms with van der Waals surface area (Å²) in [6.45, 7) is -1.77. The van der Waals surface area contributed by atoms with Gasteiger partial charge in [0.2, 0.25) is 11.8 Å². The summed E-state index contributed by atoms with van der Waals surface area (Å²) < 4.78 is 112. The van der Waals surface area contributed by atoms with Crippen LogP contribution in [0.3, 0.4) is 0 Å². The summed E-state index contributed by atoms with van der Waals surface area (Å²) in [5.74, 6) is -6.91. The van der Waals surface area contributed by atoms with Crippen molar-refractivity contribution in [2.75, 3.05) is 6.61 Å². The maximum Gasteiger partial charge on any atom is 0.422 e. The number of nitrogens with one attached hydrogen (secondary N) is 1. The topological polar surface area (TPSA) is 124 Å². The van der Waals surface area contributed by atoms with E-state index in [4.69, 9.17) is 10.5 Å². The van der Waals surface area contributed by atoms with E-state index in [2.05, 4.69) is 20.4 Å². The fourth-order valence-electron chi connectivity index (χ4n) is 5.87. The lowest BCUT2D eigenvalue weighted by Gasteiger charge is -2.34. The van der Waals surface area contributed by atoms with Crippen molar-refractivity contribution in [3.63, 3.8) is 0 Å². The van der Waals surface area contributed by atoms with Crippen LogP contribution in [0.15, 0.2) is 30.7 Å². The molecule has 0 unspecified atom stereocenters. The van der Waals surface area contributed by atoms with E-state index in [0.29, 0.717) is 5.56 Å². The Morgan fingerprint density at radius 3 is 2.37 bits per heavy atom. The number of amides is 2. The summed E-state index contributed by atoms with van der Waals surface area (Å²) in [5, 5.41) is 6.99. The van der Waals surface area contributed by atoms with Crippen molar-refractivity contribution in [1.29, 1.82) is 0 Å². The molecule has 0 saturated heterocycles. The Balaban J connectivity index is 1.53. The molecule has 3 heterocycles. The van der Waals surface area contributed by atoms with Gasteiger partial charge in [0.15, 0.2) is 23.7 Å². The number of nitrogens with two attached hydrogens (primary N) is 1. The van der Waals surface area contributed by atoms with Gasteiger partial charge in [-0.05, 0) is 55.2 Å². The van der Waals surface area contributed by atoms with E-state index in [0.717, 1.165) is 19.0 Å². The zero-order valence-electron chi connectivity index (χ0n) is 24.2. The molecule has 46 heavy (non-hydrogen) atoms. The minimum Gasteiger partial charge on any atom is -0.481 e. The number of rotatable bonds is 11. The number of nitrogens with zero attached hydrogens (tertiary/aromatic N) is 4. The second-order valence-corrected chi connectivity index (χ2v) is 11.8. The first-order chi connectivity index (χ1) is 21.5. The lowest BCUT2D eigenvalue weighted by molar-refractivity contribution is -0.153. The van der Waals surface area contributed by atoms with Crippen molar-refractivity contribution in [2.45, 2.75) is 81.6 Å². The number of halogens is 8. The second kappa shape index (κ2) is 12.6. The summed E-state index contributed by atoms with van der Waals surface area (Å²) >= 11 is 0. The van der Waals surface area contributed by atoms with Crippen LogP contribution >= 0.6 is 0 Å². The minimum atomic E-state index is -4.78. The highest BCUT2D eigenvalue weighted by molar-refractivity contribution is 5.94. The molecule has 3 N–H and O–H groups in total. The molecule has 2 aliphatic rings. The Bertz CT molecular complexity index is 1580. The van der Waals surface area contributed by atoms with E-state index in [-0.39, 0.29) is 35.7 Å². The molecule has 5 rings (SSSR count). The Morgan fingerprint density at radius 1 is 1.07 bits per heavy atom. The van der Waals surface area contributed by atoms with Crippen LogP contribution in [0.4, 0.5) is 35.1 Å². The number of pyridine rings is 1. The van der Waals surface area contributed by atoms with Gasteiger partial charge in [0.1, 0.15) is 0 Å². The molecule has 2 aliphatic carbocycles. The molecule has 0 bridgehead atoms. The molecule has 0 aromatic carbocycles. The molecule has 3 aromatic rings. The molecule has 17 heteroatoms. The number of ether oxygens (including phenoxy) is 1. The average Bonchev–Trinajstić information content (AvgIpc) is 3.72. The van der Waals surface area contributed by atoms with E-state index in [1.165, 1.54) is 23.0 Å². The predicted molar refractivity (Wildman–Crippen MR) is 145 cm³/mol. The molecule has 2 fully saturated rings. The number of carbonyl (C=O) groups excluding carboxylic acids is 2. The molecule has 3 aromatic heterocycles. The summed E-state index contributed by atoms with van der Waals surface area (Å²) in [6.07, 6.45) is -6.77. The number of hydrogen-bond acceptors (Lipinski definition) is 6. The third-order valence-electron chi connectivity index (χ3n) is 8.20. The molecule has 0 spiro atoms. The van der Waals surface area contributed by atoms with E-state index in [9.17, 15) is 44.7 Å². The van der Waals surface area contributed by atoms with E-state index < -0.39 is 91.7 Å². The van der Waals surface area contributed by atoms with Crippen LogP contribution in [-0.2, 0) is 4.79 Å². The van der Waals surface area contributed by atoms with Gasteiger partial charge in [-0.3, -0.25) is 9.59 Å². The molecular formula is C29H30F8N6O3. The van der Waals surface area contributed by atoms with Crippen molar-refractivity contribution < 1.29 is 49.4 Å². The smallest absolute Gasteiger partial charge is 0.422 e. The van der Waals surface area contributed by atoms with Crippen LogP contribution in [0.5, 0.6) is 5.75 Å². The van der Waals surface area contributed by atoms with E-state index in [1.807, 2.05) is 0 Å². The predicted octanol–water partition coefficient (Wildman–Crippen LogP) is 6.03. The lowest BCUT2D eigenvalue weighted by atomic mass is 9.74. The van der Waals surface area contributed by atoms with Crippen molar-refractivity contribution in [2.24, 2.45) is 17.6 Å². The first-order valence-electron chi connectivity index (χ1n) is 14.6. The zero-order chi connectivity index (χ0) is 33.4. The molecule has 2 atom stereocenters. The third kappa shape index (κ3) is 8.20. The third-order valence-corrected chi connectivity index (χ3v) is 8.20. The van der Waals surface area contributed by atoms with Crippen LogP contribution in [0.2, 0.25) is 0 Å². The molecule has 2 amide bonds. The minimum absolute atomic E-state index is 0.0229. The number of aromatic nitrogens is 4. The second-order valence-electron chi connectivity index (χ2n) is 11.8. The van der Waals surface area contributed by atoms with Gasteiger partial charge < -0.3 is 15.8 Å². The van der Waals surface area contributed by atoms with Gasteiger partial charge in [0.25, 0.3) is 5.91 Å². The maximum absolute atomic E-state index is 14.2. The summed E-state index contributed by atoms with van der Waals surface area (Å²) in [4.78, 5) is 33.0. The number of carbonyl (C=O) groups is 2. The van der Waals surface area contributed by atoms with Crippen LogP contribution in [0.1, 0.15) is 90.6 Å². The zero-order valence-corrected chi connectivity index (χ0v) is 24.2. The van der Waals surface area contributed by atoms with Crippen LogP contribution in [0.25, 0.3) is 5.65 Å². The number of imidazole rings is 1. The molecular weight excluding hydrogens is 632 g/mol. The van der Waals surface area contributed by atoms with Gasteiger partial charge >= 0.3 is 12.4 Å². The van der Waals surface area contributed by atoms with Crippen molar-refractivity contribution in [3.05, 3.63) is 53.2 Å². The molecule has 0 radical (unpaired) electrons. The fraction of sp³-hybridized carbons (Fsp3) is 0.552. The van der Waals surface area contributed by atoms with Gasteiger partial charge in [-0.25, -0.2) is 23.3 Å². The first kappa shape index (κ1) is 33.3. The summed E-state index contributed by atoms with van der Waals surface area (Å²) in [6, 6.07) is 2.28. The van der Waals surface area contributed by atoms with Gasteiger partial charge in [-0.15, -0.1) is 0 Å². The fourth-order valence-corrected chi connectivity index (χ4v) is 5.87. The highest BCUT2D eigenvalue weighted by atomic mass is 19.4. The number of fused-ring (bicyclic) bond motifs is 1. The molecule has 250 valence electrons. The SMILES string of the molecule is NC(=O)c1nccc([C@@H](c2cn3ncc([C@H](NC(=O)CCC(F)(F)F)C4CC4)cc3n2)C2CCC(F)(F)CC2)c1OCC(F)(F)F. The normalized spacial score (nSPS) is 18.7. The average molecular weight is 663 g/mol. The number of hydrogen-bond donors (Lipinski definition) is 2. The summed E-state index contributed by atoms with van der Waals surface area (Å²) in [7, 11) is 0. The lowest BCUT2D eigenvalue weighted by Crippen LogP contribution is -2.30. The summed E-state index contributed by atoms with van der Waals surface area (Å²) in [5.41, 5.74) is 5.85. The van der Waals surface area contributed by atoms with Crippen LogP contribution in [0, 0.1) is 11.8 Å². The Hall–Kier alpha value is -4.05. The van der Waals surface area contributed by atoms with Gasteiger partial charge in [-0.2, -0.15) is 31.4 Å². The maximum atomic E-state index is 14.2. The Kier molecular flexibility index (Phi) is 9.14. The first-order valence-corrected chi connectivity index (χ1v) is 14.6. The van der Waals surface area contributed by atoms with Crippen molar-refractivity contribution >= 4 is 17.5 Å². The van der Waals surface area contributed by atoms with Crippen LogP contribution < -0.4 is 15.8 Å². The van der Waals surface area contributed by atoms with Crippen molar-refractivity contribution in [3.8, 4) is 5.75 Å². The van der Waals surface area contributed by atoms with Crippen molar-refractivity contribution in [1.82, 2.24) is 24.9 Å². The van der Waals surface area contributed by atoms with Gasteiger partial charge in [0.05, 0.1) is 30.6 Å². The van der Waals surface area contributed by atoms with Gasteiger partial charge in [0, 0.05) is 36.9 Å². The quantitative estimate of drug-likeness (QED) is 0.242. The number of primary amides is 1. The Labute approximate surface area is 256 Å². The van der Waals surface area contributed by atoms with E-state index >= 15 is 0 Å². The van der Waals surface area contributed by atoms with E-state index in [1.54, 1.807) is 6.07 Å². The highest BCUT2D eigenvalue weighted by Gasteiger charge is 2.41. The largest absolute Gasteiger partial charge is 0.481 e. The number of alkyl halides is 8. The molecule has 2 saturated carbocycles.